The van der Waals surface area contributed by atoms with Gasteiger partial charge in [0.2, 0.25) is 5.91 Å². The maximum Gasteiger partial charge on any atom is 0.237 e. The van der Waals surface area contributed by atoms with E-state index in [-0.39, 0.29) is 12.1 Å². The van der Waals surface area contributed by atoms with Gasteiger partial charge < -0.3 is 4.90 Å². The number of carbonyl (C=O) groups excluding carboxylic acids is 1. The number of nitrogens with one attached hydrogen (secondary N) is 3. The Morgan fingerprint density at radius 1 is 1.28 bits per heavy atom. The van der Waals surface area contributed by atoms with E-state index < -0.39 is 0 Å². The zero-order valence-electron chi connectivity index (χ0n) is 11.1. The van der Waals surface area contributed by atoms with Crippen LogP contribution in [0.25, 0.3) is 0 Å². The fraction of sp³-hybridized carbons (Fsp3) is 0.923. The van der Waals surface area contributed by atoms with E-state index in [1.165, 1.54) is 25.7 Å². The molecular weight excluding hydrogens is 228 g/mol. The molecule has 4 unspecified atom stereocenters. The van der Waals surface area contributed by atoms with Crippen molar-refractivity contribution in [1.29, 1.82) is 0 Å². The molecule has 1 aliphatic carbocycles. The van der Waals surface area contributed by atoms with Gasteiger partial charge in [0.1, 0.15) is 0 Å². The van der Waals surface area contributed by atoms with Gasteiger partial charge in [-0.3, -0.25) is 20.7 Å². The van der Waals surface area contributed by atoms with Gasteiger partial charge in [-0.25, -0.2) is 0 Å². The Labute approximate surface area is 109 Å². The molecule has 0 aromatic rings. The molecule has 3 fully saturated rings. The molecule has 2 aliphatic heterocycles. The SMILES string of the molecule is CC1NC(CN2CNCC2=O)NC2CCCCC12. The van der Waals surface area contributed by atoms with Crippen LogP contribution in [0, 0.1) is 5.92 Å². The monoisotopic (exact) mass is 252 g/mol. The molecular formula is C13H24N4O. The summed E-state index contributed by atoms with van der Waals surface area (Å²) in [5, 5.41) is 10.4. The fourth-order valence-electron chi connectivity index (χ4n) is 3.70. The molecule has 1 saturated carbocycles. The molecule has 5 heteroatoms. The van der Waals surface area contributed by atoms with Crippen LogP contribution in [0.2, 0.25) is 0 Å². The van der Waals surface area contributed by atoms with E-state index in [4.69, 9.17) is 0 Å². The molecule has 0 aromatic heterocycles. The van der Waals surface area contributed by atoms with Crippen molar-refractivity contribution in [2.24, 2.45) is 5.92 Å². The maximum absolute atomic E-state index is 11.6. The second kappa shape index (κ2) is 5.15. The Morgan fingerprint density at radius 2 is 2.11 bits per heavy atom. The van der Waals surface area contributed by atoms with Crippen molar-refractivity contribution in [2.75, 3.05) is 19.8 Å². The van der Waals surface area contributed by atoms with E-state index >= 15 is 0 Å². The molecule has 5 nitrogen and oxygen atoms in total. The van der Waals surface area contributed by atoms with Crippen molar-refractivity contribution in [3.63, 3.8) is 0 Å². The van der Waals surface area contributed by atoms with Crippen molar-refractivity contribution >= 4 is 5.91 Å². The second-order valence-electron chi connectivity index (χ2n) is 5.93. The molecule has 1 amide bonds. The number of amides is 1. The first-order valence-electron chi connectivity index (χ1n) is 7.24. The summed E-state index contributed by atoms with van der Waals surface area (Å²) >= 11 is 0. The Kier molecular flexibility index (Phi) is 3.54. The van der Waals surface area contributed by atoms with Gasteiger partial charge in [-0.2, -0.15) is 0 Å². The first-order valence-corrected chi connectivity index (χ1v) is 7.24. The highest BCUT2D eigenvalue weighted by molar-refractivity contribution is 5.80. The van der Waals surface area contributed by atoms with Crippen LogP contribution in [0.4, 0.5) is 0 Å². The third-order valence-corrected chi connectivity index (χ3v) is 4.68. The number of carbonyl (C=O) groups is 1. The van der Waals surface area contributed by atoms with Gasteiger partial charge >= 0.3 is 0 Å². The Morgan fingerprint density at radius 3 is 2.89 bits per heavy atom. The third-order valence-electron chi connectivity index (χ3n) is 4.68. The van der Waals surface area contributed by atoms with Crippen LogP contribution >= 0.6 is 0 Å². The van der Waals surface area contributed by atoms with Crippen molar-refractivity contribution in [3.05, 3.63) is 0 Å². The molecule has 18 heavy (non-hydrogen) atoms. The van der Waals surface area contributed by atoms with E-state index in [1.54, 1.807) is 0 Å². The normalized spacial score (nSPS) is 40.9. The average molecular weight is 252 g/mol. The molecule has 3 N–H and O–H groups in total. The topological polar surface area (TPSA) is 56.4 Å². The quantitative estimate of drug-likeness (QED) is 0.639. The van der Waals surface area contributed by atoms with Crippen molar-refractivity contribution in [3.8, 4) is 0 Å². The summed E-state index contributed by atoms with van der Waals surface area (Å²) in [5.41, 5.74) is 0. The zero-order chi connectivity index (χ0) is 12.5. The molecule has 2 heterocycles. The predicted molar refractivity (Wildman–Crippen MR) is 69.9 cm³/mol. The minimum Gasteiger partial charge on any atom is -0.326 e. The lowest BCUT2D eigenvalue weighted by Crippen LogP contribution is -2.65. The molecule has 3 aliphatic rings. The predicted octanol–water partition coefficient (Wildman–Crippen LogP) is -0.158. The van der Waals surface area contributed by atoms with Crippen LogP contribution in [0.5, 0.6) is 0 Å². The van der Waals surface area contributed by atoms with Gasteiger partial charge in [0.05, 0.1) is 25.9 Å². The Balaban J connectivity index is 1.59. The lowest BCUT2D eigenvalue weighted by molar-refractivity contribution is -0.127. The smallest absolute Gasteiger partial charge is 0.237 e. The molecule has 0 spiro atoms. The maximum atomic E-state index is 11.6. The minimum atomic E-state index is 0.219. The highest BCUT2D eigenvalue weighted by atomic mass is 16.2. The summed E-state index contributed by atoms with van der Waals surface area (Å²) in [4.78, 5) is 13.5. The standard InChI is InChI=1S/C13H24N4O/c1-9-10-4-2-3-5-11(10)16-12(15-9)7-17-8-14-6-13(17)18/h9-12,14-16H,2-8H2,1H3. The minimum absolute atomic E-state index is 0.219. The zero-order valence-corrected chi connectivity index (χ0v) is 11.1. The van der Waals surface area contributed by atoms with Crippen LogP contribution in [0.3, 0.4) is 0 Å². The van der Waals surface area contributed by atoms with Crippen LogP contribution < -0.4 is 16.0 Å². The lowest BCUT2D eigenvalue weighted by Gasteiger charge is -2.46. The van der Waals surface area contributed by atoms with Crippen LogP contribution in [0.15, 0.2) is 0 Å². The first-order chi connectivity index (χ1) is 8.74. The van der Waals surface area contributed by atoms with Crippen molar-refractivity contribution in [1.82, 2.24) is 20.9 Å². The molecule has 0 radical (unpaired) electrons. The van der Waals surface area contributed by atoms with Crippen LogP contribution in [-0.4, -0.2) is 48.8 Å². The Bertz CT molecular complexity index is 322. The van der Waals surface area contributed by atoms with Gasteiger partial charge in [-0.15, -0.1) is 0 Å². The molecule has 3 rings (SSSR count). The van der Waals surface area contributed by atoms with E-state index in [2.05, 4.69) is 22.9 Å². The summed E-state index contributed by atoms with van der Waals surface area (Å²) < 4.78 is 0. The average Bonchev–Trinajstić information content (AvgIpc) is 2.75. The first kappa shape index (κ1) is 12.4. The third kappa shape index (κ3) is 2.39. The molecule has 102 valence electrons. The summed E-state index contributed by atoms with van der Waals surface area (Å²) in [5.74, 6) is 0.986. The molecule has 0 bridgehead atoms. The highest BCUT2D eigenvalue weighted by Gasteiger charge is 2.37. The van der Waals surface area contributed by atoms with Gasteiger partial charge in [0, 0.05) is 12.1 Å². The lowest BCUT2D eigenvalue weighted by atomic mass is 9.78. The molecule has 4 atom stereocenters. The summed E-state index contributed by atoms with van der Waals surface area (Å²) in [6, 6.07) is 1.21. The van der Waals surface area contributed by atoms with Crippen molar-refractivity contribution < 1.29 is 4.79 Å². The summed E-state index contributed by atoms with van der Waals surface area (Å²) in [6.45, 7) is 4.26. The number of fused-ring (bicyclic) bond motifs is 1. The second-order valence-corrected chi connectivity index (χ2v) is 5.93. The Hall–Kier alpha value is -0.650. The van der Waals surface area contributed by atoms with Crippen LogP contribution in [-0.2, 0) is 4.79 Å². The van der Waals surface area contributed by atoms with Crippen molar-refractivity contribution in [2.45, 2.75) is 50.9 Å². The van der Waals surface area contributed by atoms with Crippen LogP contribution in [0.1, 0.15) is 32.6 Å². The molecule has 2 saturated heterocycles. The number of hydrogen-bond acceptors (Lipinski definition) is 4. The van der Waals surface area contributed by atoms with E-state index in [0.29, 0.717) is 25.3 Å². The number of hydrogen-bond donors (Lipinski definition) is 3. The van der Waals surface area contributed by atoms with E-state index in [0.717, 1.165) is 12.5 Å². The summed E-state index contributed by atoms with van der Waals surface area (Å²) in [6.07, 6.45) is 5.59. The number of nitrogens with zero attached hydrogens (tertiary/aromatic N) is 1. The number of rotatable bonds is 2. The van der Waals surface area contributed by atoms with Gasteiger partial charge in [-0.05, 0) is 25.7 Å². The highest BCUT2D eigenvalue weighted by Crippen LogP contribution is 2.29. The van der Waals surface area contributed by atoms with Gasteiger partial charge in [0.15, 0.2) is 0 Å². The largest absolute Gasteiger partial charge is 0.326 e. The van der Waals surface area contributed by atoms with E-state index in [1.807, 2.05) is 4.90 Å². The van der Waals surface area contributed by atoms with Gasteiger partial charge in [-0.1, -0.05) is 12.8 Å². The summed E-state index contributed by atoms with van der Waals surface area (Å²) in [7, 11) is 0. The van der Waals surface area contributed by atoms with E-state index in [9.17, 15) is 4.79 Å². The fourth-order valence-corrected chi connectivity index (χ4v) is 3.70. The molecule has 0 aromatic carbocycles. The van der Waals surface area contributed by atoms with Gasteiger partial charge in [0.25, 0.3) is 0 Å².